The van der Waals surface area contributed by atoms with E-state index in [2.05, 4.69) is 42.8 Å². The molecule has 1 rings (SSSR count). The number of hydrogen-bond acceptors (Lipinski definition) is 2. The second-order valence-corrected chi connectivity index (χ2v) is 4.41. The quantitative estimate of drug-likeness (QED) is 0.708. The number of unbranched alkanes of at least 4 members (excludes halogenated alkanes) is 1. The lowest BCUT2D eigenvalue weighted by Crippen LogP contribution is -1.88. The second-order valence-electron chi connectivity index (χ2n) is 3.34. The Hall–Kier alpha value is -0.630. The molecule has 0 amide bonds. The summed E-state index contributed by atoms with van der Waals surface area (Å²) < 4.78 is 3.29. The number of aryl methyl sites for hydroxylation is 1. The zero-order chi connectivity index (χ0) is 10.2. The fraction of sp³-hybridized carbons (Fsp3) is 0.500. The number of benzene rings is 1. The Morgan fingerprint density at radius 2 is 1.86 bits per heavy atom. The van der Waals surface area contributed by atoms with Crippen LogP contribution < -0.4 is 4.72 Å². The molecule has 14 heavy (non-hydrogen) atoms. The van der Waals surface area contributed by atoms with Crippen molar-refractivity contribution in [2.45, 2.75) is 33.1 Å². The van der Waals surface area contributed by atoms with Gasteiger partial charge in [-0.1, -0.05) is 44.3 Å². The molecular formula is C12H19NS. The zero-order valence-corrected chi connectivity index (χ0v) is 9.86. The van der Waals surface area contributed by atoms with Crippen molar-refractivity contribution in [1.82, 2.24) is 0 Å². The van der Waals surface area contributed by atoms with Gasteiger partial charge >= 0.3 is 0 Å². The Morgan fingerprint density at radius 1 is 1.14 bits per heavy atom. The Kier molecular flexibility index (Phi) is 5.53. The molecule has 1 N–H and O–H groups in total. The van der Waals surface area contributed by atoms with Crippen molar-refractivity contribution in [3.63, 3.8) is 0 Å². The van der Waals surface area contributed by atoms with Crippen LogP contribution in [0.4, 0.5) is 5.69 Å². The Labute approximate surface area is 91.4 Å². The lowest BCUT2D eigenvalue weighted by atomic mass is 10.1. The molecule has 0 aliphatic carbocycles. The molecule has 0 fully saturated rings. The van der Waals surface area contributed by atoms with Crippen LogP contribution in [0.2, 0.25) is 0 Å². The van der Waals surface area contributed by atoms with E-state index in [1.165, 1.54) is 30.5 Å². The van der Waals surface area contributed by atoms with Crippen LogP contribution in [0, 0.1) is 0 Å². The van der Waals surface area contributed by atoms with E-state index in [0.29, 0.717) is 0 Å². The maximum atomic E-state index is 3.29. The molecule has 0 aliphatic heterocycles. The van der Waals surface area contributed by atoms with Gasteiger partial charge in [-0.2, -0.15) is 0 Å². The number of nitrogens with one attached hydrogen (secondary N) is 1. The average molecular weight is 209 g/mol. The molecule has 2 heteroatoms. The van der Waals surface area contributed by atoms with Crippen molar-refractivity contribution < 1.29 is 0 Å². The van der Waals surface area contributed by atoms with Gasteiger partial charge in [0, 0.05) is 11.4 Å². The number of hydrogen-bond donors (Lipinski definition) is 1. The molecule has 0 radical (unpaired) electrons. The number of anilines is 1. The summed E-state index contributed by atoms with van der Waals surface area (Å²) in [6.45, 7) is 4.38. The van der Waals surface area contributed by atoms with Crippen LogP contribution in [0.5, 0.6) is 0 Å². The summed E-state index contributed by atoms with van der Waals surface area (Å²) in [5, 5.41) is 0. The van der Waals surface area contributed by atoms with Crippen molar-refractivity contribution >= 4 is 17.6 Å². The first kappa shape index (κ1) is 11.4. The van der Waals surface area contributed by atoms with Crippen LogP contribution in [0.1, 0.15) is 32.3 Å². The van der Waals surface area contributed by atoms with Crippen molar-refractivity contribution in [2.75, 3.05) is 10.5 Å². The van der Waals surface area contributed by atoms with E-state index < -0.39 is 0 Å². The van der Waals surface area contributed by atoms with Gasteiger partial charge in [0.05, 0.1) is 0 Å². The maximum Gasteiger partial charge on any atom is 0.0440 e. The van der Waals surface area contributed by atoms with E-state index in [0.717, 1.165) is 5.75 Å². The molecule has 1 aromatic carbocycles. The van der Waals surface area contributed by atoms with Crippen LogP contribution >= 0.6 is 11.9 Å². The fourth-order valence-corrected chi connectivity index (χ4v) is 1.72. The van der Waals surface area contributed by atoms with Gasteiger partial charge in [-0.15, -0.1) is 0 Å². The normalized spacial score (nSPS) is 10.1. The summed E-state index contributed by atoms with van der Waals surface area (Å²) in [7, 11) is 0. The average Bonchev–Trinajstić information content (AvgIpc) is 2.25. The standard InChI is InChI=1S/C12H19NS/c1-3-5-6-11-7-9-12(10-8-11)13-14-4-2/h7-10,13H,3-6H2,1-2H3. The minimum absolute atomic E-state index is 1.09. The molecule has 0 atom stereocenters. The summed E-state index contributed by atoms with van der Waals surface area (Å²) in [6, 6.07) is 8.75. The first-order valence-corrected chi connectivity index (χ1v) is 6.32. The molecule has 1 aromatic rings. The minimum Gasteiger partial charge on any atom is -0.330 e. The smallest absolute Gasteiger partial charge is 0.0440 e. The van der Waals surface area contributed by atoms with Gasteiger partial charge in [0.25, 0.3) is 0 Å². The third-order valence-electron chi connectivity index (χ3n) is 2.11. The monoisotopic (exact) mass is 209 g/mol. The molecule has 0 aromatic heterocycles. The molecule has 0 bridgehead atoms. The molecule has 0 saturated carbocycles. The van der Waals surface area contributed by atoms with Gasteiger partial charge in [0.1, 0.15) is 0 Å². The first-order valence-electron chi connectivity index (χ1n) is 5.33. The van der Waals surface area contributed by atoms with Crippen LogP contribution in [-0.4, -0.2) is 5.75 Å². The highest BCUT2D eigenvalue weighted by Gasteiger charge is 1.93. The highest BCUT2D eigenvalue weighted by molar-refractivity contribution is 8.00. The highest BCUT2D eigenvalue weighted by Crippen LogP contribution is 2.14. The summed E-state index contributed by atoms with van der Waals surface area (Å²) in [5.41, 5.74) is 2.65. The molecule has 0 spiro atoms. The summed E-state index contributed by atoms with van der Waals surface area (Å²) in [6.07, 6.45) is 3.76. The topological polar surface area (TPSA) is 12.0 Å². The van der Waals surface area contributed by atoms with Crippen LogP contribution in [0.15, 0.2) is 24.3 Å². The molecule has 78 valence electrons. The van der Waals surface area contributed by atoms with Gasteiger partial charge in [0.15, 0.2) is 0 Å². The predicted molar refractivity (Wildman–Crippen MR) is 66.8 cm³/mol. The molecule has 1 nitrogen and oxygen atoms in total. The van der Waals surface area contributed by atoms with Crippen molar-refractivity contribution in [2.24, 2.45) is 0 Å². The van der Waals surface area contributed by atoms with Gasteiger partial charge in [-0.05, 0) is 30.5 Å². The van der Waals surface area contributed by atoms with Gasteiger partial charge in [0.2, 0.25) is 0 Å². The molecule has 0 saturated heterocycles. The molecule has 0 heterocycles. The largest absolute Gasteiger partial charge is 0.330 e. The Morgan fingerprint density at radius 3 is 2.43 bits per heavy atom. The third kappa shape index (κ3) is 4.05. The SMILES string of the molecule is CCCCc1ccc(NSCC)cc1. The second kappa shape index (κ2) is 6.77. The summed E-state index contributed by atoms with van der Waals surface area (Å²) in [4.78, 5) is 0. The van der Waals surface area contributed by atoms with Crippen LogP contribution in [0.3, 0.4) is 0 Å². The molecular weight excluding hydrogens is 190 g/mol. The van der Waals surface area contributed by atoms with E-state index in [1.54, 1.807) is 11.9 Å². The number of rotatable bonds is 6. The van der Waals surface area contributed by atoms with E-state index in [1.807, 2.05) is 0 Å². The first-order chi connectivity index (χ1) is 6.86. The van der Waals surface area contributed by atoms with E-state index in [-0.39, 0.29) is 0 Å². The van der Waals surface area contributed by atoms with E-state index in [4.69, 9.17) is 0 Å². The van der Waals surface area contributed by atoms with E-state index in [9.17, 15) is 0 Å². The fourth-order valence-electron chi connectivity index (χ4n) is 1.28. The predicted octanol–water partition coefficient (Wildman–Crippen LogP) is 4.11. The Bertz CT molecular complexity index is 216. The van der Waals surface area contributed by atoms with Crippen molar-refractivity contribution in [3.05, 3.63) is 29.8 Å². The van der Waals surface area contributed by atoms with Gasteiger partial charge in [-0.25, -0.2) is 0 Å². The van der Waals surface area contributed by atoms with Crippen molar-refractivity contribution in [1.29, 1.82) is 0 Å². The van der Waals surface area contributed by atoms with Gasteiger partial charge in [-0.3, -0.25) is 0 Å². The molecule has 0 aliphatic rings. The summed E-state index contributed by atoms with van der Waals surface area (Å²) in [5.74, 6) is 1.09. The van der Waals surface area contributed by atoms with Gasteiger partial charge < -0.3 is 4.72 Å². The lowest BCUT2D eigenvalue weighted by Gasteiger charge is -2.04. The maximum absolute atomic E-state index is 3.29. The van der Waals surface area contributed by atoms with E-state index >= 15 is 0 Å². The minimum atomic E-state index is 1.09. The highest BCUT2D eigenvalue weighted by atomic mass is 32.2. The van der Waals surface area contributed by atoms with Crippen molar-refractivity contribution in [3.8, 4) is 0 Å². The van der Waals surface area contributed by atoms with Crippen LogP contribution in [-0.2, 0) is 6.42 Å². The molecule has 0 unspecified atom stereocenters. The third-order valence-corrected chi connectivity index (χ3v) is 2.78. The Balaban J connectivity index is 2.42. The zero-order valence-electron chi connectivity index (χ0n) is 9.05. The summed E-state index contributed by atoms with van der Waals surface area (Å²) >= 11 is 1.73. The lowest BCUT2D eigenvalue weighted by molar-refractivity contribution is 0.795. The van der Waals surface area contributed by atoms with Crippen LogP contribution in [0.25, 0.3) is 0 Å².